The van der Waals surface area contributed by atoms with Crippen LogP contribution in [0, 0.1) is 18.6 Å². The van der Waals surface area contributed by atoms with Crippen LogP contribution in [0.3, 0.4) is 0 Å². The minimum Gasteiger partial charge on any atom is -0.365 e. The highest BCUT2D eigenvalue weighted by molar-refractivity contribution is 6.03. The summed E-state index contributed by atoms with van der Waals surface area (Å²) in [6.45, 7) is 2.23. The van der Waals surface area contributed by atoms with Crippen molar-refractivity contribution in [2.45, 2.75) is 26.2 Å². The number of fused-ring (bicyclic) bond motifs is 1. The lowest BCUT2D eigenvalue weighted by atomic mass is 10.1. The third kappa shape index (κ3) is 3.43. The van der Waals surface area contributed by atoms with Crippen molar-refractivity contribution in [2.24, 2.45) is 0 Å². The summed E-state index contributed by atoms with van der Waals surface area (Å²) in [6.07, 6.45) is -0.315. The number of carbonyl (C=O) groups excluding carboxylic acids is 1. The first-order chi connectivity index (χ1) is 13.0. The maximum atomic E-state index is 14.0. The van der Waals surface area contributed by atoms with Crippen molar-refractivity contribution in [3.8, 4) is 0 Å². The van der Waals surface area contributed by atoms with Crippen LogP contribution in [0.25, 0.3) is 0 Å². The molecule has 3 aromatic rings. The van der Waals surface area contributed by atoms with Crippen LogP contribution < -0.4 is 5.32 Å². The van der Waals surface area contributed by atoms with E-state index in [4.69, 9.17) is 4.74 Å². The lowest BCUT2D eigenvalue weighted by Crippen LogP contribution is -2.24. The van der Waals surface area contributed by atoms with Gasteiger partial charge in [0.15, 0.2) is 5.69 Å². The van der Waals surface area contributed by atoms with Crippen molar-refractivity contribution in [2.75, 3.05) is 5.32 Å². The number of hydrogen-bond donors (Lipinski definition) is 1. The van der Waals surface area contributed by atoms with E-state index in [0.717, 1.165) is 11.1 Å². The zero-order valence-electron chi connectivity index (χ0n) is 14.4. The second-order valence-corrected chi connectivity index (χ2v) is 6.36. The average molecular weight is 370 g/mol. The summed E-state index contributed by atoms with van der Waals surface area (Å²) < 4.78 is 34.4. The maximum absolute atomic E-state index is 14.0. The van der Waals surface area contributed by atoms with Gasteiger partial charge in [-0.3, -0.25) is 4.79 Å². The van der Waals surface area contributed by atoms with Gasteiger partial charge in [-0.15, -0.1) is 5.10 Å². The van der Waals surface area contributed by atoms with Crippen molar-refractivity contribution >= 4 is 11.6 Å². The Morgan fingerprint density at radius 1 is 1.22 bits per heavy atom. The number of anilines is 1. The number of benzene rings is 2. The maximum Gasteiger partial charge on any atom is 0.278 e. The molecule has 1 aromatic heterocycles. The third-order valence-corrected chi connectivity index (χ3v) is 4.43. The first-order valence-electron chi connectivity index (χ1n) is 8.38. The molecular formula is C19H16F2N4O2. The predicted molar refractivity (Wildman–Crippen MR) is 93.0 cm³/mol. The van der Waals surface area contributed by atoms with Crippen LogP contribution in [0.4, 0.5) is 14.5 Å². The summed E-state index contributed by atoms with van der Waals surface area (Å²) in [6, 6.07) is 10.6. The molecule has 0 radical (unpaired) electrons. The molecule has 0 spiro atoms. The van der Waals surface area contributed by atoms with Crippen LogP contribution >= 0.6 is 0 Å². The second kappa shape index (κ2) is 6.88. The topological polar surface area (TPSA) is 69.0 Å². The molecule has 138 valence electrons. The number of aryl methyl sites for hydroxylation is 1. The highest BCUT2D eigenvalue weighted by Gasteiger charge is 2.28. The Bertz CT molecular complexity index is 1000. The van der Waals surface area contributed by atoms with Gasteiger partial charge in [0, 0.05) is 0 Å². The lowest BCUT2D eigenvalue weighted by molar-refractivity contribution is -0.00174. The number of nitrogens with zero attached hydrogens (tertiary/aromatic N) is 3. The van der Waals surface area contributed by atoms with E-state index in [2.05, 4.69) is 15.6 Å². The first kappa shape index (κ1) is 17.3. The van der Waals surface area contributed by atoms with E-state index in [-0.39, 0.29) is 29.9 Å². The summed E-state index contributed by atoms with van der Waals surface area (Å²) >= 11 is 0. The number of carbonyl (C=O) groups is 1. The van der Waals surface area contributed by atoms with Crippen molar-refractivity contribution < 1.29 is 18.3 Å². The monoisotopic (exact) mass is 370 g/mol. The number of ether oxygens (including phenoxy) is 1. The minimum absolute atomic E-state index is 0.0771. The predicted octanol–water partition coefficient (Wildman–Crippen LogP) is 3.39. The van der Waals surface area contributed by atoms with Crippen molar-refractivity contribution in [1.82, 2.24) is 15.0 Å². The molecule has 4 rings (SSSR count). The number of hydrogen-bond acceptors (Lipinski definition) is 4. The van der Waals surface area contributed by atoms with Crippen LogP contribution in [0.5, 0.6) is 0 Å². The Morgan fingerprint density at radius 3 is 2.74 bits per heavy atom. The molecule has 0 bridgehead atoms. The fraction of sp³-hybridized carbons (Fsp3) is 0.211. The van der Waals surface area contributed by atoms with Crippen molar-refractivity contribution in [3.63, 3.8) is 0 Å². The van der Waals surface area contributed by atoms with E-state index in [0.29, 0.717) is 12.2 Å². The molecule has 6 nitrogen and oxygen atoms in total. The van der Waals surface area contributed by atoms with E-state index in [9.17, 15) is 13.6 Å². The van der Waals surface area contributed by atoms with Gasteiger partial charge in [0.1, 0.15) is 17.7 Å². The molecular weight excluding hydrogens is 354 g/mol. The van der Waals surface area contributed by atoms with Crippen LogP contribution in [-0.4, -0.2) is 20.9 Å². The van der Waals surface area contributed by atoms with E-state index in [1.165, 1.54) is 24.3 Å². The molecule has 0 unspecified atom stereocenters. The fourth-order valence-electron chi connectivity index (χ4n) is 2.97. The summed E-state index contributed by atoms with van der Waals surface area (Å²) in [5.41, 5.74) is 2.25. The Kier molecular flexibility index (Phi) is 4.41. The molecule has 2 aromatic carbocycles. The summed E-state index contributed by atoms with van der Waals surface area (Å²) in [4.78, 5) is 12.5. The van der Waals surface area contributed by atoms with Crippen LogP contribution in [-0.2, 0) is 17.9 Å². The normalized spacial score (nSPS) is 16.0. The summed E-state index contributed by atoms with van der Waals surface area (Å²) in [5, 5.41) is 10.4. The SMILES string of the molecule is Cc1ccc(NC(=O)c2nnn3c2CO[C@H](c2ccc(F)cc2)C3)c(F)c1. The molecule has 0 fully saturated rings. The molecule has 1 aliphatic rings. The van der Waals surface area contributed by atoms with Crippen LogP contribution in [0.2, 0.25) is 0 Å². The number of nitrogens with one attached hydrogen (secondary N) is 1. The Balaban J connectivity index is 1.52. The van der Waals surface area contributed by atoms with Crippen LogP contribution in [0.1, 0.15) is 33.4 Å². The van der Waals surface area contributed by atoms with E-state index >= 15 is 0 Å². The van der Waals surface area contributed by atoms with E-state index < -0.39 is 11.7 Å². The highest BCUT2D eigenvalue weighted by atomic mass is 19.1. The molecule has 0 aliphatic carbocycles. The van der Waals surface area contributed by atoms with E-state index in [1.54, 1.807) is 29.8 Å². The van der Waals surface area contributed by atoms with Gasteiger partial charge >= 0.3 is 0 Å². The Labute approximate surface area is 153 Å². The largest absolute Gasteiger partial charge is 0.365 e. The van der Waals surface area contributed by atoms with Gasteiger partial charge in [0.05, 0.1) is 24.5 Å². The van der Waals surface area contributed by atoms with Gasteiger partial charge in [0.25, 0.3) is 5.91 Å². The molecule has 1 amide bonds. The Hall–Kier alpha value is -3.13. The van der Waals surface area contributed by atoms with Gasteiger partial charge in [0.2, 0.25) is 0 Å². The second-order valence-electron chi connectivity index (χ2n) is 6.36. The van der Waals surface area contributed by atoms with Crippen LogP contribution in [0.15, 0.2) is 42.5 Å². The molecule has 1 N–H and O–H groups in total. The summed E-state index contributed by atoms with van der Waals surface area (Å²) in [7, 11) is 0. The van der Waals surface area contributed by atoms with E-state index in [1.807, 2.05) is 0 Å². The molecule has 27 heavy (non-hydrogen) atoms. The molecule has 2 heterocycles. The van der Waals surface area contributed by atoms with Gasteiger partial charge < -0.3 is 10.1 Å². The molecule has 8 heteroatoms. The van der Waals surface area contributed by atoms with Gasteiger partial charge in [-0.05, 0) is 42.3 Å². The lowest BCUT2D eigenvalue weighted by Gasteiger charge is -2.24. The number of aromatic nitrogens is 3. The third-order valence-electron chi connectivity index (χ3n) is 4.43. The standard InChI is InChI=1S/C19H16F2N4O2/c1-11-2-7-15(14(21)8-11)22-19(26)18-16-10-27-17(9-25(16)24-23-18)12-3-5-13(20)6-4-12/h2-8,17H,9-10H2,1H3,(H,22,26)/t17-/m0/s1. The van der Waals surface area contributed by atoms with Crippen molar-refractivity contribution in [3.05, 3.63) is 76.6 Å². The van der Waals surface area contributed by atoms with Crippen molar-refractivity contribution in [1.29, 1.82) is 0 Å². The summed E-state index contributed by atoms with van der Waals surface area (Å²) in [5.74, 6) is -1.39. The Morgan fingerprint density at radius 2 is 2.00 bits per heavy atom. The molecule has 1 aliphatic heterocycles. The molecule has 0 saturated carbocycles. The quantitative estimate of drug-likeness (QED) is 0.767. The zero-order chi connectivity index (χ0) is 19.0. The smallest absolute Gasteiger partial charge is 0.278 e. The zero-order valence-corrected chi connectivity index (χ0v) is 14.4. The number of rotatable bonds is 3. The fourth-order valence-corrected chi connectivity index (χ4v) is 2.97. The minimum atomic E-state index is -0.553. The molecule has 0 saturated heterocycles. The van der Waals surface area contributed by atoms with Gasteiger partial charge in [-0.25, -0.2) is 13.5 Å². The van der Waals surface area contributed by atoms with Gasteiger partial charge in [-0.1, -0.05) is 23.4 Å². The number of halogens is 2. The first-order valence-corrected chi connectivity index (χ1v) is 8.38. The van der Waals surface area contributed by atoms with Gasteiger partial charge in [-0.2, -0.15) is 0 Å². The average Bonchev–Trinajstić information content (AvgIpc) is 3.08. The highest BCUT2D eigenvalue weighted by Crippen LogP contribution is 2.27. The molecule has 1 atom stereocenters. The number of amides is 1.